The van der Waals surface area contributed by atoms with Crippen molar-refractivity contribution in [1.82, 2.24) is 4.98 Å². The van der Waals surface area contributed by atoms with Crippen LogP contribution < -0.4 is 4.90 Å². The number of hydrogen-bond acceptors (Lipinski definition) is 3. The van der Waals surface area contributed by atoms with Gasteiger partial charge in [-0.25, -0.2) is 4.39 Å². The highest BCUT2D eigenvalue weighted by atomic mass is 19.1. The molecule has 3 nitrogen and oxygen atoms in total. The van der Waals surface area contributed by atoms with Crippen LogP contribution in [0.1, 0.15) is 18.1 Å². The zero-order valence-corrected chi connectivity index (χ0v) is 10.9. The van der Waals surface area contributed by atoms with E-state index in [9.17, 15) is 4.39 Å². The molecule has 0 saturated carbocycles. The molecule has 1 heterocycles. The van der Waals surface area contributed by atoms with Crippen LogP contribution in [-0.2, 0) is 13.2 Å². The maximum absolute atomic E-state index is 14.0. The van der Waals surface area contributed by atoms with Gasteiger partial charge >= 0.3 is 0 Å². The Balaban J connectivity index is 2.22. The molecule has 0 radical (unpaired) electrons. The first-order valence-electron chi connectivity index (χ1n) is 6.27. The SMILES string of the molecule is CCN(Cc1ccncc1)c1ccc(CO)cc1F. The highest BCUT2D eigenvalue weighted by molar-refractivity contribution is 5.49. The van der Waals surface area contributed by atoms with Gasteiger partial charge in [0.15, 0.2) is 0 Å². The van der Waals surface area contributed by atoms with Crippen LogP contribution >= 0.6 is 0 Å². The molecule has 1 aromatic carbocycles. The van der Waals surface area contributed by atoms with Crippen LogP contribution in [0.15, 0.2) is 42.7 Å². The fourth-order valence-electron chi connectivity index (χ4n) is 1.98. The third kappa shape index (κ3) is 3.29. The van der Waals surface area contributed by atoms with Crippen molar-refractivity contribution in [3.63, 3.8) is 0 Å². The molecule has 4 heteroatoms. The lowest BCUT2D eigenvalue weighted by molar-refractivity contribution is 0.281. The summed E-state index contributed by atoms with van der Waals surface area (Å²) in [5.74, 6) is -0.303. The Morgan fingerprint density at radius 1 is 1.16 bits per heavy atom. The molecule has 0 atom stereocenters. The van der Waals surface area contributed by atoms with Crippen LogP contribution in [0.25, 0.3) is 0 Å². The summed E-state index contributed by atoms with van der Waals surface area (Å²) < 4.78 is 14.0. The zero-order valence-electron chi connectivity index (χ0n) is 10.9. The zero-order chi connectivity index (χ0) is 13.7. The molecule has 19 heavy (non-hydrogen) atoms. The summed E-state index contributed by atoms with van der Waals surface area (Å²) in [4.78, 5) is 5.92. The minimum Gasteiger partial charge on any atom is -0.392 e. The minimum atomic E-state index is -0.303. The molecule has 2 aromatic rings. The molecule has 0 aliphatic rings. The van der Waals surface area contributed by atoms with Gasteiger partial charge in [0, 0.05) is 25.5 Å². The van der Waals surface area contributed by atoms with Gasteiger partial charge in [-0.3, -0.25) is 4.98 Å². The lowest BCUT2D eigenvalue weighted by Crippen LogP contribution is -2.23. The maximum Gasteiger partial charge on any atom is 0.146 e. The number of aromatic nitrogens is 1. The molecule has 2 rings (SSSR count). The van der Waals surface area contributed by atoms with Crippen molar-refractivity contribution in [3.05, 3.63) is 59.7 Å². The van der Waals surface area contributed by atoms with Crippen molar-refractivity contribution >= 4 is 5.69 Å². The molecule has 0 bridgehead atoms. The molecule has 0 aliphatic carbocycles. The van der Waals surface area contributed by atoms with Gasteiger partial charge in [-0.1, -0.05) is 6.07 Å². The van der Waals surface area contributed by atoms with Gasteiger partial charge in [0.25, 0.3) is 0 Å². The van der Waals surface area contributed by atoms with E-state index in [2.05, 4.69) is 4.98 Å². The third-order valence-corrected chi connectivity index (χ3v) is 3.04. The van der Waals surface area contributed by atoms with Gasteiger partial charge in [-0.15, -0.1) is 0 Å². The molecule has 0 fully saturated rings. The highest BCUT2D eigenvalue weighted by Gasteiger charge is 2.11. The van der Waals surface area contributed by atoms with Gasteiger partial charge in [-0.2, -0.15) is 0 Å². The maximum atomic E-state index is 14.0. The average molecular weight is 260 g/mol. The Hall–Kier alpha value is -1.94. The number of hydrogen-bond donors (Lipinski definition) is 1. The number of halogens is 1. The predicted molar refractivity (Wildman–Crippen MR) is 73.3 cm³/mol. The van der Waals surface area contributed by atoms with E-state index in [1.807, 2.05) is 24.0 Å². The predicted octanol–water partition coefficient (Wildman–Crippen LogP) is 2.74. The smallest absolute Gasteiger partial charge is 0.146 e. The number of benzene rings is 1. The average Bonchev–Trinajstić information content (AvgIpc) is 2.46. The van der Waals surface area contributed by atoms with Crippen molar-refractivity contribution in [2.45, 2.75) is 20.1 Å². The largest absolute Gasteiger partial charge is 0.392 e. The van der Waals surface area contributed by atoms with Crippen molar-refractivity contribution in [2.24, 2.45) is 0 Å². The summed E-state index contributed by atoms with van der Waals surface area (Å²) >= 11 is 0. The normalized spacial score (nSPS) is 10.5. The van der Waals surface area contributed by atoms with E-state index in [4.69, 9.17) is 5.11 Å². The fraction of sp³-hybridized carbons (Fsp3) is 0.267. The Bertz CT molecular complexity index is 531. The summed E-state index contributed by atoms with van der Waals surface area (Å²) in [6, 6.07) is 8.68. The molecule has 1 aromatic heterocycles. The number of pyridine rings is 1. The third-order valence-electron chi connectivity index (χ3n) is 3.04. The quantitative estimate of drug-likeness (QED) is 0.898. The molecule has 0 saturated heterocycles. The van der Waals surface area contributed by atoms with Crippen LogP contribution in [0.4, 0.5) is 10.1 Å². The summed E-state index contributed by atoms with van der Waals surface area (Å²) in [6.45, 7) is 3.18. The fourth-order valence-corrected chi connectivity index (χ4v) is 1.98. The topological polar surface area (TPSA) is 36.4 Å². The van der Waals surface area contributed by atoms with Gasteiger partial charge in [0.1, 0.15) is 5.82 Å². The van der Waals surface area contributed by atoms with Crippen LogP contribution in [0.5, 0.6) is 0 Å². The standard InChI is InChI=1S/C15H17FN2O/c1-2-18(10-12-5-7-17-8-6-12)15-4-3-13(11-19)9-14(15)16/h3-9,19H,2,10-11H2,1H3. The second kappa shape index (κ2) is 6.29. The first-order valence-corrected chi connectivity index (χ1v) is 6.27. The Morgan fingerprint density at radius 2 is 1.89 bits per heavy atom. The Labute approximate surface area is 112 Å². The van der Waals surface area contributed by atoms with Crippen LogP contribution in [0, 0.1) is 5.82 Å². The van der Waals surface area contributed by atoms with E-state index in [0.29, 0.717) is 24.3 Å². The van der Waals surface area contributed by atoms with E-state index < -0.39 is 0 Å². The lowest BCUT2D eigenvalue weighted by atomic mass is 10.1. The number of nitrogens with zero attached hydrogens (tertiary/aromatic N) is 2. The van der Waals surface area contributed by atoms with E-state index in [1.54, 1.807) is 24.5 Å². The molecule has 1 N–H and O–H groups in total. The summed E-state index contributed by atoms with van der Waals surface area (Å²) in [5, 5.41) is 9.00. The molecule has 0 unspecified atom stereocenters. The Morgan fingerprint density at radius 3 is 2.47 bits per heavy atom. The van der Waals surface area contributed by atoms with Crippen LogP contribution in [0.2, 0.25) is 0 Å². The number of rotatable bonds is 5. The van der Waals surface area contributed by atoms with E-state index in [-0.39, 0.29) is 12.4 Å². The van der Waals surface area contributed by atoms with E-state index in [0.717, 1.165) is 5.56 Å². The summed E-state index contributed by atoms with van der Waals surface area (Å²) in [6.07, 6.45) is 3.46. The molecule has 0 amide bonds. The molecular weight excluding hydrogens is 243 g/mol. The number of anilines is 1. The number of aliphatic hydroxyl groups excluding tert-OH is 1. The first-order chi connectivity index (χ1) is 9.24. The monoisotopic (exact) mass is 260 g/mol. The van der Waals surface area contributed by atoms with Crippen molar-refractivity contribution in [1.29, 1.82) is 0 Å². The summed E-state index contributed by atoms with van der Waals surface area (Å²) in [7, 11) is 0. The molecular formula is C15H17FN2O. The van der Waals surface area contributed by atoms with E-state index in [1.165, 1.54) is 6.07 Å². The molecule has 0 spiro atoms. The first kappa shape index (κ1) is 13.5. The number of aliphatic hydroxyl groups is 1. The minimum absolute atomic E-state index is 0.145. The van der Waals surface area contributed by atoms with Gasteiger partial charge in [-0.05, 0) is 42.3 Å². The van der Waals surface area contributed by atoms with Crippen molar-refractivity contribution in [3.8, 4) is 0 Å². The lowest BCUT2D eigenvalue weighted by Gasteiger charge is -2.24. The van der Waals surface area contributed by atoms with Crippen molar-refractivity contribution < 1.29 is 9.50 Å². The highest BCUT2D eigenvalue weighted by Crippen LogP contribution is 2.22. The summed E-state index contributed by atoms with van der Waals surface area (Å²) in [5.41, 5.74) is 2.22. The van der Waals surface area contributed by atoms with Crippen LogP contribution in [-0.4, -0.2) is 16.6 Å². The molecule has 0 aliphatic heterocycles. The molecule has 100 valence electrons. The van der Waals surface area contributed by atoms with Crippen LogP contribution in [0.3, 0.4) is 0 Å². The van der Waals surface area contributed by atoms with Gasteiger partial charge < -0.3 is 10.0 Å². The van der Waals surface area contributed by atoms with Gasteiger partial charge in [0.2, 0.25) is 0 Å². The van der Waals surface area contributed by atoms with Crippen molar-refractivity contribution in [2.75, 3.05) is 11.4 Å². The van der Waals surface area contributed by atoms with E-state index >= 15 is 0 Å². The Kier molecular flexibility index (Phi) is 4.47. The second-order valence-corrected chi connectivity index (χ2v) is 4.31. The van der Waals surface area contributed by atoms with Gasteiger partial charge in [0.05, 0.1) is 12.3 Å². The second-order valence-electron chi connectivity index (χ2n) is 4.31.